The minimum absolute atomic E-state index is 0.0203. The molecular weight excluding hydrogens is 204 g/mol. The van der Waals surface area contributed by atoms with Crippen LogP contribution in [0, 0.1) is 0 Å². The Hall–Kier alpha value is -1.63. The smallest absolute Gasteiger partial charge is 0.325 e. The highest BCUT2D eigenvalue weighted by Crippen LogP contribution is 1.95. The third-order valence-electron chi connectivity index (χ3n) is 1.75. The lowest BCUT2D eigenvalue weighted by Crippen LogP contribution is -2.39. The van der Waals surface area contributed by atoms with E-state index in [-0.39, 0.29) is 12.8 Å². The average Bonchev–Trinajstić information content (AvgIpc) is 2.13. The van der Waals surface area contributed by atoms with Crippen LogP contribution in [0.4, 0.5) is 0 Å². The van der Waals surface area contributed by atoms with Gasteiger partial charge in [-0.1, -0.05) is 0 Å². The SMILES string of the molecule is C[C@@H](NC(=O)CC[C@@H](N)C(=O)O)C(=O)O. The van der Waals surface area contributed by atoms with Gasteiger partial charge in [0.05, 0.1) is 0 Å². The third kappa shape index (κ3) is 5.63. The number of nitrogens with one attached hydrogen (secondary N) is 1. The Balaban J connectivity index is 3.85. The molecule has 0 aromatic carbocycles. The largest absolute Gasteiger partial charge is 0.480 e. The maximum absolute atomic E-state index is 11.1. The van der Waals surface area contributed by atoms with E-state index in [2.05, 4.69) is 5.32 Å². The van der Waals surface area contributed by atoms with E-state index >= 15 is 0 Å². The lowest BCUT2D eigenvalue weighted by Gasteiger charge is -2.10. The molecule has 15 heavy (non-hydrogen) atoms. The number of amides is 1. The van der Waals surface area contributed by atoms with Gasteiger partial charge in [0.2, 0.25) is 5.91 Å². The highest BCUT2D eigenvalue weighted by atomic mass is 16.4. The van der Waals surface area contributed by atoms with Gasteiger partial charge in [-0.15, -0.1) is 0 Å². The number of carboxylic acid groups (broad SMARTS) is 2. The van der Waals surface area contributed by atoms with Crippen molar-refractivity contribution in [3.63, 3.8) is 0 Å². The van der Waals surface area contributed by atoms with Crippen LogP contribution in [0.1, 0.15) is 19.8 Å². The molecule has 0 unspecified atom stereocenters. The summed E-state index contributed by atoms with van der Waals surface area (Å²) in [4.78, 5) is 31.7. The van der Waals surface area contributed by atoms with Crippen LogP contribution in [0.25, 0.3) is 0 Å². The molecule has 0 aliphatic rings. The first kappa shape index (κ1) is 13.4. The van der Waals surface area contributed by atoms with Gasteiger partial charge in [-0.2, -0.15) is 0 Å². The van der Waals surface area contributed by atoms with Crippen LogP contribution in [0.15, 0.2) is 0 Å². The summed E-state index contributed by atoms with van der Waals surface area (Å²) in [5, 5.41) is 19.1. The van der Waals surface area contributed by atoms with Crippen LogP contribution in [0.5, 0.6) is 0 Å². The fraction of sp³-hybridized carbons (Fsp3) is 0.625. The second-order valence-corrected chi connectivity index (χ2v) is 3.11. The number of carbonyl (C=O) groups is 3. The highest BCUT2D eigenvalue weighted by molar-refractivity contribution is 5.83. The second-order valence-electron chi connectivity index (χ2n) is 3.11. The molecule has 0 fully saturated rings. The summed E-state index contributed by atoms with van der Waals surface area (Å²) >= 11 is 0. The molecule has 0 bridgehead atoms. The zero-order valence-electron chi connectivity index (χ0n) is 8.27. The monoisotopic (exact) mass is 218 g/mol. The number of carbonyl (C=O) groups excluding carboxylic acids is 1. The number of hydrogen-bond donors (Lipinski definition) is 4. The highest BCUT2D eigenvalue weighted by Gasteiger charge is 2.16. The van der Waals surface area contributed by atoms with Crippen LogP contribution in [-0.4, -0.2) is 40.1 Å². The Morgan fingerprint density at radius 3 is 2.20 bits per heavy atom. The van der Waals surface area contributed by atoms with Crippen LogP contribution in [-0.2, 0) is 14.4 Å². The summed E-state index contributed by atoms with van der Waals surface area (Å²) in [5.74, 6) is -2.86. The van der Waals surface area contributed by atoms with E-state index in [4.69, 9.17) is 15.9 Å². The predicted octanol–water partition coefficient (Wildman–Crippen LogP) is -1.23. The normalized spacial score (nSPS) is 14.0. The molecule has 0 rings (SSSR count). The molecule has 0 spiro atoms. The molecule has 5 N–H and O–H groups in total. The van der Waals surface area contributed by atoms with Gasteiger partial charge in [-0.3, -0.25) is 14.4 Å². The lowest BCUT2D eigenvalue weighted by atomic mass is 10.1. The topological polar surface area (TPSA) is 130 Å². The summed E-state index contributed by atoms with van der Waals surface area (Å²) in [7, 11) is 0. The van der Waals surface area contributed by atoms with Gasteiger partial charge in [0.1, 0.15) is 12.1 Å². The van der Waals surface area contributed by atoms with Gasteiger partial charge in [0.15, 0.2) is 0 Å². The molecular formula is C8H14N2O5. The van der Waals surface area contributed by atoms with Crippen molar-refractivity contribution < 1.29 is 24.6 Å². The Morgan fingerprint density at radius 2 is 1.80 bits per heavy atom. The zero-order valence-corrected chi connectivity index (χ0v) is 8.27. The molecule has 7 heteroatoms. The van der Waals surface area contributed by atoms with Crippen molar-refractivity contribution in [2.45, 2.75) is 31.8 Å². The third-order valence-corrected chi connectivity index (χ3v) is 1.75. The summed E-state index contributed by atoms with van der Waals surface area (Å²) in [6.07, 6.45) is -0.126. The van der Waals surface area contributed by atoms with Gasteiger partial charge in [-0.05, 0) is 13.3 Å². The van der Waals surface area contributed by atoms with Crippen molar-refractivity contribution in [1.29, 1.82) is 0 Å². The Bertz CT molecular complexity index is 266. The average molecular weight is 218 g/mol. The first-order chi connectivity index (χ1) is 6.84. The molecule has 0 heterocycles. The quantitative estimate of drug-likeness (QED) is 0.441. The molecule has 0 aliphatic heterocycles. The summed E-state index contributed by atoms with van der Waals surface area (Å²) < 4.78 is 0. The van der Waals surface area contributed by atoms with Gasteiger partial charge in [0, 0.05) is 6.42 Å². The molecule has 0 aromatic heterocycles. The molecule has 86 valence electrons. The molecule has 0 aromatic rings. The Labute approximate surface area is 86.3 Å². The van der Waals surface area contributed by atoms with E-state index in [1.54, 1.807) is 0 Å². The molecule has 0 saturated carbocycles. The number of carboxylic acids is 2. The molecule has 0 saturated heterocycles. The molecule has 1 amide bonds. The van der Waals surface area contributed by atoms with Crippen molar-refractivity contribution in [2.24, 2.45) is 5.73 Å². The first-order valence-corrected chi connectivity index (χ1v) is 4.35. The van der Waals surface area contributed by atoms with E-state index in [1.165, 1.54) is 6.92 Å². The maximum atomic E-state index is 11.1. The van der Waals surface area contributed by atoms with Gasteiger partial charge in [0.25, 0.3) is 0 Å². The van der Waals surface area contributed by atoms with E-state index in [1.807, 2.05) is 0 Å². The van der Waals surface area contributed by atoms with E-state index in [0.717, 1.165) is 0 Å². The van der Waals surface area contributed by atoms with Gasteiger partial charge in [-0.25, -0.2) is 0 Å². The van der Waals surface area contributed by atoms with Crippen LogP contribution in [0.2, 0.25) is 0 Å². The Morgan fingerprint density at radius 1 is 1.27 bits per heavy atom. The second kappa shape index (κ2) is 5.97. The van der Waals surface area contributed by atoms with E-state index in [0.29, 0.717) is 0 Å². The van der Waals surface area contributed by atoms with Crippen molar-refractivity contribution in [3.05, 3.63) is 0 Å². The summed E-state index contributed by atoms with van der Waals surface area (Å²) in [5.41, 5.74) is 5.16. The number of hydrogen-bond acceptors (Lipinski definition) is 4. The Kier molecular flexibility index (Phi) is 5.32. The fourth-order valence-corrected chi connectivity index (χ4v) is 0.785. The fourth-order valence-electron chi connectivity index (χ4n) is 0.785. The molecule has 7 nitrogen and oxygen atoms in total. The number of nitrogens with two attached hydrogens (primary N) is 1. The van der Waals surface area contributed by atoms with Crippen LogP contribution in [0.3, 0.4) is 0 Å². The van der Waals surface area contributed by atoms with Gasteiger partial charge >= 0.3 is 11.9 Å². The maximum Gasteiger partial charge on any atom is 0.325 e. The zero-order chi connectivity index (χ0) is 12.0. The van der Waals surface area contributed by atoms with Crippen molar-refractivity contribution in [2.75, 3.05) is 0 Å². The standard InChI is InChI=1S/C8H14N2O5/c1-4(7(12)13)10-6(11)3-2-5(9)8(14)15/h4-5H,2-3,9H2,1H3,(H,10,11)(H,12,13)(H,14,15)/t4-,5-/m1/s1. The van der Waals surface area contributed by atoms with Gasteiger partial charge < -0.3 is 21.3 Å². The molecule has 2 atom stereocenters. The summed E-state index contributed by atoms with van der Waals surface area (Å²) in [6, 6.07) is -2.09. The molecule has 0 radical (unpaired) electrons. The lowest BCUT2D eigenvalue weighted by molar-refractivity contribution is -0.142. The minimum atomic E-state index is -1.19. The van der Waals surface area contributed by atoms with Crippen molar-refractivity contribution >= 4 is 17.8 Å². The van der Waals surface area contributed by atoms with E-state index in [9.17, 15) is 14.4 Å². The van der Waals surface area contributed by atoms with Crippen LogP contribution >= 0.6 is 0 Å². The van der Waals surface area contributed by atoms with Crippen molar-refractivity contribution in [3.8, 4) is 0 Å². The number of rotatable bonds is 6. The number of aliphatic carboxylic acids is 2. The molecule has 0 aliphatic carbocycles. The van der Waals surface area contributed by atoms with Crippen molar-refractivity contribution in [1.82, 2.24) is 5.32 Å². The van der Waals surface area contributed by atoms with E-state index < -0.39 is 29.9 Å². The minimum Gasteiger partial charge on any atom is -0.480 e. The predicted molar refractivity (Wildman–Crippen MR) is 50.1 cm³/mol. The first-order valence-electron chi connectivity index (χ1n) is 4.35. The van der Waals surface area contributed by atoms with Crippen LogP contribution < -0.4 is 11.1 Å². The summed E-state index contributed by atoms with van der Waals surface area (Å²) in [6.45, 7) is 1.32.